The number of para-hydroxylation sites is 1. The lowest BCUT2D eigenvalue weighted by atomic mass is 9.67. The van der Waals surface area contributed by atoms with Gasteiger partial charge in [0.1, 0.15) is 0 Å². The first-order valence-electron chi connectivity index (χ1n) is 21.4. The van der Waals surface area contributed by atoms with E-state index in [4.69, 9.17) is 0 Å². The molecule has 1 atom stereocenters. The molecule has 1 aromatic heterocycles. The Morgan fingerprint density at radius 2 is 1.11 bits per heavy atom. The molecule has 0 aliphatic heterocycles. The summed E-state index contributed by atoms with van der Waals surface area (Å²) >= 11 is 0. The zero-order valence-electron chi connectivity index (χ0n) is 34.6. The van der Waals surface area contributed by atoms with Crippen molar-refractivity contribution in [2.75, 3.05) is 4.90 Å². The monoisotopic (exact) mass is 792 g/mol. The molecule has 10 aromatic rings. The fourth-order valence-corrected chi connectivity index (χ4v) is 10.1. The van der Waals surface area contributed by atoms with E-state index in [9.17, 15) is 0 Å². The van der Waals surface area contributed by atoms with Crippen LogP contribution >= 0.6 is 0 Å². The summed E-state index contributed by atoms with van der Waals surface area (Å²) < 4.78 is 2.42. The van der Waals surface area contributed by atoms with Gasteiger partial charge in [0.05, 0.1) is 22.1 Å². The molecular weight excluding hydrogens is 749 g/mol. The summed E-state index contributed by atoms with van der Waals surface area (Å²) in [5.74, 6) is 0. The first-order chi connectivity index (χ1) is 30.6. The highest BCUT2D eigenvalue weighted by molar-refractivity contribution is 6.12. The molecule has 2 nitrogen and oxygen atoms in total. The molecule has 0 radical (unpaired) electrons. The zero-order valence-corrected chi connectivity index (χ0v) is 34.6. The second-order valence-corrected chi connectivity index (χ2v) is 16.1. The van der Waals surface area contributed by atoms with Crippen molar-refractivity contribution in [1.82, 2.24) is 4.57 Å². The van der Waals surface area contributed by atoms with Crippen LogP contribution in [-0.2, 0) is 5.41 Å². The minimum Gasteiger partial charge on any atom is -0.310 e. The van der Waals surface area contributed by atoms with Crippen LogP contribution in [0.25, 0.3) is 55.0 Å². The lowest BCUT2D eigenvalue weighted by Crippen LogP contribution is -2.28. The number of benzene rings is 9. The van der Waals surface area contributed by atoms with Gasteiger partial charge < -0.3 is 9.47 Å². The van der Waals surface area contributed by atoms with E-state index in [1.54, 1.807) is 0 Å². The Kier molecular flexibility index (Phi) is 9.13. The highest BCUT2D eigenvalue weighted by Crippen LogP contribution is 2.55. The molecule has 0 spiro atoms. The summed E-state index contributed by atoms with van der Waals surface area (Å²) in [6, 6.07) is 79.9. The molecule has 0 fully saturated rings. The Balaban J connectivity index is 1.19. The summed E-state index contributed by atoms with van der Waals surface area (Å²) in [6.45, 7) is 6.34. The number of rotatable bonds is 9. The van der Waals surface area contributed by atoms with Crippen molar-refractivity contribution in [2.24, 2.45) is 0 Å². The number of anilines is 3. The summed E-state index contributed by atoms with van der Waals surface area (Å²) in [4.78, 5) is 2.43. The van der Waals surface area contributed by atoms with E-state index in [-0.39, 0.29) is 0 Å². The number of nitrogens with zero attached hydrogens (tertiary/aromatic N) is 2. The van der Waals surface area contributed by atoms with Gasteiger partial charge in [-0.1, -0.05) is 183 Å². The summed E-state index contributed by atoms with van der Waals surface area (Å²) in [6.07, 6.45) is 6.16. The van der Waals surface area contributed by atoms with Crippen LogP contribution in [0.15, 0.2) is 249 Å². The zero-order chi connectivity index (χ0) is 41.6. The molecule has 1 unspecified atom stereocenters. The quantitative estimate of drug-likeness (QED) is 0.132. The Morgan fingerprint density at radius 1 is 0.500 bits per heavy atom. The number of aromatic nitrogens is 1. The van der Waals surface area contributed by atoms with Crippen LogP contribution in [0.2, 0.25) is 0 Å². The van der Waals surface area contributed by atoms with Crippen molar-refractivity contribution in [3.05, 3.63) is 271 Å². The Morgan fingerprint density at radius 3 is 1.89 bits per heavy atom. The Hall–Kier alpha value is -7.94. The molecule has 0 saturated carbocycles. The summed E-state index contributed by atoms with van der Waals surface area (Å²) in [5, 5.41) is 4.80. The number of fused-ring (bicyclic) bond motifs is 5. The minimum atomic E-state index is -0.513. The molecule has 294 valence electrons. The minimum absolute atomic E-state index is 0.513. The van der Waals surface area contributed by atoms with E-state index in [1.807, 2.05) is 6.08 Å². The normalized spacial score (nSPS) is 14.9. The van der Waals surface area contributed by atoms with Crippen molar-refractivity contribution in [2.45, 2.75) is 12.3 Å². The number of hydrogen-bond acceptors (Lipinski definition) is 1. The predicted octanol–water partition coefficient (Wildman–Crippen LogP) is 15.9. The summed E-state index contributed by atoms with van der Waals surface area (Å²) in [7, 11) is 0. The third-order valence-electron chi connectivity index (χ3n) is 12.9. The van der Waals surface area contributed by atoms with E-state index < -0.39 is 5.41 Å². The van der Waals surface area contributed by atoms with E-state index in [0.717, 1.165) is 28.3 Å². The maximum atomic E-state index is 4.02. The lowest BCUT2D eigenvalue weighted by molar-refractivity contribution is 0.744. The Bertz CT molecular complexity index is 3350. The van der Waals surface area contributed by atoms with Gasteiger partial charge in [0.2, 0.25) is 0 Å². The molecule has 2 heteroatoms. The molecule has 11 rings (SSSR count). The second-order valence-electron chi connectivity index (χ2n) is 16.1. The van der Waals surface area contributed by atoms with Crippen LogP contribution in [0.4, 0.5) is 17.1 Å². The molecule has 0 saturated heterocycles. The standard InChI is InChI=1S/C60H44N2/c1-3-4-27-51-42(2)60(46-23-10-6-11-24-46,56-30-17-16-29-53(51)56)47-34-38-58-54(40-47)55-41-50(37-39-59(55)62(58)48-25-12-7-13-26-48)61(57-31-18-22-45-21-14-15-28-52(45)57)49-35-32-44(33-36-49)43-19-8-5-9-20-43/h3-41H,1H2,2H3/b27-4-. The average Bonchev–Trinajstić information content (AvgIpc) is 3.80. The van der Waals surface area contributed by atoms with Crippen LogP contribution in [-0.4, -0.2) is 4.57 Å². The maximum Gasteiger partial charge on any atom is 0.0674 e. The third kappa shape index (κ3) is 5.87. The fraction of sp³-hybridized carbons (Fsp3) is 0.0333. The smallest absolute Gasteiger partial charge is 0.0674 e. The molecule has 0 amide bonds. The molecule has 1 heterocycles. The second kappa shape index (κ2) is 15.3. The van der Waals surface area contributed by atoms with E-state index in [1.165, 1.54) is 71.6 Å². The molecule has 0 N–H and O–H groups in total. The average molecular weight is 793 g/mol. The number of hydrogen-bond donors (Lipinski definition) is 0. The van der Waals surface area contributed by atoms with Crippen molar-refractivity contribution in [1.29, 1.82) is 0 Å². The van der Waals surface area contributed by atoms with Gasteiger partial charge in [-0.25, -0.2) is 0 Å². The van der Waals surface area contributed by atoms with Crippen molar-refractivity contribution >= 4 is 55.2 Å². The SMILES string of the molecule is C=C/C=C\C1=C(C)C(c2ccccc2)(c2ccc3c(c2)c2cc(N(c4ccc(-c5ccccc5)cc4)c4cccc5ccccc45)ccc2n3-c2ccccc2)c2ccccc21. The van der Waals surface area contributed by atoms with Crippen LogP contribution in [0.3, 0.4) is 0 Å². The number of allylic oxidation sites excluding steroid dienone is 5. The van der Waals surface area contributed by atoms with Crippen molar-refractivity contribution in [3.8, 4) is 16.8 Å². The first kappa shape index (κ1) is 37.1. The van der Waals surface area contributed by atoms with Gasteiger partial charge in [0, 0.05) is 33.2 Å². The van der Waals surface area contributed by atoms with Crippen LogP contribution < -0.4 is 4.90 Å². The van der Waals surface area contributed by atoms with Gasteiger partial charge in [0.25, 0.3) is 0 Å². The molecule has 1 aliphatic carbocycles. The molecular formula is C60H44N2. The topological polar surface area (TPSA) is 8.17 Å². The van der Waals surface area contributed by atoms with Gasteiger partial charge in [-0.05, 0) is 118 Å². The fourth-order valence-electron chi connectivity index (χ4n) is 10.1. The van der Waals surface area contributed by atoms with Gasteiger partial charge in [-0.3, -0.25) is 0 Å². The largest absolute Gasteiger partial charge is 0.310 e. The van der Waals surface area contributed by atoms with Gasteiger partial charge in [-0.15, -0.1) is 0 Å². The van der Waals surface area contributed by atoms with E-state index in [0.29, 0.717) is 0 Å². The van der Waals surface area contributed by atoms with Crippen molar-refractivity contribution in [3.63, 3.8) is 0 Å². The third-order valence-corrected chi connectivity index (χ3v) is 12.9. The molecule has 1 aliphatic rings. The molecule has 9 aromatic carbocycles. The Labute approximate surface area is 363 Å². The van der Waals surface area contributed by atoms with Crippen molar-refractivity contribution < 1.29 is 0 Å². The van der Waals surface area contributed by atoms with Crippen LogP contribution in [0, 0.1) is 0 Å². The van der Waals surface area contributed by atoms with Crippen LogP contribution in [0.1, 0.15) is 29.2 Å². The van der Waals surface area contributed by atoms with E-state index >= 15 is 0 Å². The van der Waals surface area contributed by atoms with Gasteiger partial charge >= 0.3 is 0 Å². The lowest BCUT2D eigenvalue weighted by Gasteiger charge is -2.34. The molecule has 0 bridgehead atoms. The first-order valence-corrected chi connectivity index (χ1v) is 21.4. The highest BCUT2D eigenvalue weighted by Gasteiger charge is 2.45. The maximum absolute atomic E-state index is 4.02. The van der Waals surface area contributed by atoms with Crippen LogP contribution in [0.5, 0.6) is 0 Å². The van der Waals surface area contributed by atoms with Gasteiger partial charge in [0.15, 0.2) is 0 Å². The van der Waals surface area contributed by atoms with Gasteiger partial charge in [-0.2, -0.15) is 0 Å². The van der Waals surface area contributed by atoms with E-state index in [2.05, 4.69) is 254 Å². The highest BCUT2D eigenvalue weighted by atomic mass is 15.1. The summed E-state index contributed by atoms with van der Waals surface area (Å²) in [5.41, 5.74) is 16.2. The predicted molar refractivity (Wildman–Crippen MR) is 263 cm³/mol. The molecule has 62 heavy (non-hydrogen) atoms.